The minimum Gasteiger partial charge on any atom is -0.459 e. The van der Waals surface area contributed by atoms with Crippen LogP contribution in [0.5, 0.6) is 0 Å². The third-order valence-electron chi connectivity index (χ3n) is 2.70. The van der Waals surface area contributed by atoms with Crippen molar-refractivity contribution >= 4 is 28.5 Å². The van der Waals surface area contributed by atoms with E-state index >= 15 is 0 Å². The van der Waals surface area contributed by atoms with Gasteiger partial charge in [-0.3, -0.25) is 4.79 Å². The van der Waals surface area contributed by atoms with Gasteiger partial charge in [-0.2, -0.15) is 0 Å². The van der Waals surface area contributed by atoms with E-state index in [4.69, 9.17) is 20.8 Å². The summed E-state index contributed by atoms with van der Waals surface area (Å²) in [5, 5.41) is 1.43. The molecule has 1 aromatic carbocycles. The lowest BCUT2D eigenvalue weighted by molar-refractivity contribution is -0.156. The molecule has 0 spiro atoms. The van der Waals surface area contributed by atoms with Crippen molar-refractivity contribution in [2.45, 2.75) is 39.2 Å². The number of halogens is 1. The summed E-state index contributed by atoms with van der Waals surface area (Å²) in [5.74, 6) is -0.192. The molecular formula is C15H17ClO3. The van der Waals surface area contributed by atoms with Crippen molar-refractivity contribution in [3.63, 3.8) is 0 Å². The number of ether oxygens (including phenoxy) is 1. The van der Waals surface area contributed by atoms with Crippen LogP contribution in [0, 0.1) is 0 Å². The van der Waals surface area contributed by atoms with E-state index in [0.29, 0.717) is 16.4 Å². The summed E-state index contributed by atoms with van der Waals surface area (Å²) in [6.07, 6.45) is 0. The third-order valence-corrected chi connectivity index (χ3v) is 3.00. The first kappa shape index (κ1) is 13.9. The Morgan fingerprint density at radius 1 is 1.37 bits per heavy atom. The molecule has 0 amide bonds. The summed E-state index contributed by atoms with van der Waals surface area (Å²) < 4.78 is 11.0. The quantitative estimate of drug-likeness (QED) is 0.759. The van der Waals surface area contributed by atoms with Crippen molar-refractivity contribution in [3.8, 4) is 0 Å². The summed E-state index contributed by atoms with van der Waals surface area (Å²) in [6.45, 7) is 7.28. The van der Waals surface area contributed by atoms with Gasteiger partial charge < -0.3 is 9.15 Å². The third kappa shape index (κ3) is 3.10. The molecule has 0 bridgehead atoms. The Morgan fingerprint density at radius 2 is 2.05 bits per heavy atom. The second-order valence-corrected chi connectivity index (χ2v) is 5.97. The van der Waals surface area contributed by atoms with E-state index in [2.05, 4.69) is 0 Å². The number of furan rings is 1. The maximum Gasteiger partial charge on any atom is 0.316 e. The van der Waals surface area contributed by atoms with Crippen LogP contribution in [0.25, 0.3) is 11.0 Å². The first-order chi connectivity index (χ1) is 8.78. The van der Waals surface area contributed by atoms with Crippen LogP contribution in [0.15, 0.2) is 28.7 Å². The fraction of sp³-hybridized carbons (Fsp3) is 0.400. The van der Waals surface area contributed by atoms with E-state index in [0.717, 1.165) is 5.39 Å². The van der Waals surface area contributed by atoms with Crippen LogP contribution in [0.4, 0.5) is 0 Å². The van der Waals surface area contributed by atoms with Gasteiger partial charge in [-0.1, -0.05) is 23.7 Å². The van der Waals surface area contributed by atoms with Gasteiger partial charge in [0.05, 0.1) is 5.02 Å². The van der Waals surface area contributed by atoms with E-state index in [1.165, 1.54) is 0 Å². The smallest absolute Gasteiger partial charge is 0.316 e. The molecule has 0 saturated carbocycles. The zero-order valence-corrected chi connectivity index (χ0v) is 12.2. The Bertz CT molecular complexity index is 607. The first-order valence-corrected chi connectivity index (χ1v) is 6.56. The SMILES string of the molecule is CC(C(=O)OC(C)(C)C)c1cc2cccc(Cl)c2o1. The van der Waals surface area contributed by atoms with E-state index in [1.807, 2.05) is 39.0 Å². The Hall–Kier alpha value is -1.48. The molecule has 3 nitrogen and oxygen atoms in total. The summed E-state index contributed by atoms with van der Waals surface area (Å²) in [5.41, 5.74) is 0.101. The molecule has 2 rings (SSSR count). The van der Waals surface area contributed by atoms with Gasteiger partial charge in [-0.05, 0) is 39.8 Å². The lowest BCUT2D eigenvalue weighted by Crippen LogP contribution is -2.26. The molecule has 0 aliphatic heterocycles. The van der Waals surface area contributed by atoms with Gasteiger partial charge in [0.2, 0.25) is 0 Å². The standard InChI is InChI=1S/C15H17ClO3/c1-9(14(17)19-15(2,3)4)12-8-10-6-5-7-11(16)13(10)18-12/h5-9H,1-4H3. The predicted octanol–water partition coefficient (Wildman–Crippen LogP) is 4.53. The molecule has 1 aromatic heterocycles. The topological polar surface area (TPSA) is 39.4 Å². The number of rotatable bonds is 2. The molecule has 0 saturated heterocycles. The Morgan fingerprint density at radius 3 is 2.63 bits per heavy atom. The van der Waals surface area contributed by atoms with Gasteiger partial charge in [0.1, 0.15) is 17.3 Å². The molecule has 1 atom stereocenters. The molecular weight excluding hydrogens is 264 g/mol. The fourth-order valence-corrected chi connectivity index (χ4v) is 1.99. The van der Waals surface area contributed by atoms with E-state index in [9.17, 15) is 4.79 Å². The molecule has 102 valence electrons. The van der Waals surface area contributed by atoms with Crippen LogP contribution in [0.3, 0.4) is 0 Å². The number of fused-ring (bicyclic) bond motifs is 1. The molecule has 2 aromatic rings. The van der Waals surface area contributed by atoms with E-state index in [1.54, 1.807) is 13.0 Å². The number of hydrogen-bond acceptors (Lipinski definition) is 3. The average Bonchev–Trinajstić information content (AvgIpc) is 2.71. The van der Waals surface area contributed by atoms with Crippen LogP contribution in [0.1, 0.15) is 39.4 Å². The molecule has 1 heterocycles. The zero-order chi connectivity index (χ0) is 14.2. The lowest BCUT2D eigenvalue weighted by atomic mass is 10.1. The lowest BCUT2D eigenvalue weighted by Gasteiger charge is -2.21. The number of para-hydroxylation sites is 1. The van der Waals surface area contributed by atoms with Crippen molar-refractivity contribution in [3.05, 3.63) is 35.0 Å². The highest BCUT2D eigenvalue weighted by atomic mass is 35.5. The number of benzene rings is 1. The molecule has 0 fully saturated rings. The minimum atomic E-state index is -0.505. The van der Waals surface area contributed by atoms with Crippen LogP contribution in [0.2, 0.25) is 5.02 Å². The molecule has 1 unspecified atom stereocenters. The maximum atomic E-state index is 12.0. The number of hydrogen-bond donors (Lipinski definition) is 0. The fourth-order valence-electron chi connectivity index (χ4n) is 1.77. The Balaban J connectivity index is 2.29. The van der Waals surface area contributed by atoms with E-state index in [-0.39, 0.29) is 5.97 Å². The molecule has 4 heteroatoms. The number of esters is 1. The summed E-state index contributed by atoms with van der Waals surface area (Å²) in [6, 6.07) is 7.34. The van der Waals surface area contributed by atoms with Gasteiger partial charge in [-0.25, -0.2) is 0 Å². The highest BCUT2D eigenvalue weighted by Crippen LogP contribution is 2.31. The van der Waals surface area contributed by atoms with Gasteiger partial charge in [0.15, 0.2) is 5.58 Å². The number of carbonyl (C=O) groups is 1. The van der Waals surface area contributed by atoms with Gasteiger partial charge in [0.25, 0.3) is 0 Å². The average molecular weight is 281 g/mol. The molecule has 0 radical (unpaired) electrons. The van der Waals surface area contributed by atoms with Crippen molar-refractivity contribution in [2.24, 2.45) is 0 Å². The van der Waals surface area contributed by atoms with Crippen LogP contribution in [-0.4, -0.2) is 11.6 Å². The summed E-state index contributed by atoms with van der Waals surface area (Å²) in [4.78, 5) is 12.0. The minimum absolute atomic E-state index is 0.303. The van der Waals surface area contributed by atoms with Crippen LogP contribution < -0.4 is 0 Å². The molecule has 0 aliphatic carbocycles. The highest BCUT2D eigenvalue weighted by molar-refractivity contribution is 6.34. The second-order valence-electron chi connectivity index (χ2n) is 5.56. The van der Waals surface area contributed by atoms with Crippen molar-refractivity contribution in [1.29, 1.82) is 0 Å². The normalized spacial score (nSPS) is 13.5. The summed E-state index contributed by atoms with van der Waals surface area (Å²) in [7, 11) is 0. The second kappa shape index (κ2) is 4.89. The van der Waals surface area contributed by atoms with E-state index < -0.39 is 11.5 Å². The first-order valence-electron chi connectivity index (χ1n) is 6.19. The van der Waals surface area contributed by atoms with Crippen molar-refractivity contribution in [2.75, 3.05) is 0 Å². The largest absolute Gasteiger partial charge is 0.459 e. The maximum absolute atomic E-state index is 12.0. The molecule has 19 heavy (non-hydrogen) atoms. The van der Waals surface area contributed by atoms with Gasteiger partial charge >= 0.3 is 5.97 Å². The predicted molar refractivity (Wildman–Crippen MR) is 75.5 cm³/mol. The number of carbonyl (C=O) groups excluding carboxylic acids is 1. The highest BCUT2D eigenvalue weighted by Gasteiger charge is 2.25. The zero-order valence-electron chi connectivity index (χ0n) is 11.5. The monoisotopic (exact) mass is 280 g/mol. The summed E-state index contributed by atoms with van der Waals surface area (Å²) >= 11 is 6.05. The molecule has 0 aliphatic rings. The van der Waals surface area contributed by atoms with Crippen molar-refractivity contribution < 1.29 is 13.9 Å². The van der Waals surface area contributed by atoms with Crippen LogP contribution in [-0.2, 0) is 9.53 Å². The molecule has 0 N–H and O–H groups in total. The van der Waals surface area contributed by atoms with Gasteiger partial charge in [-0.15, -0.1) is 0 Å². The Labute approximate surface area is 117 Å². The Kier molecular flexibility index (Phi) is 3.59. The van der Waals surface area contributed by atoms with Gasteiger partial charge in [0, 0.05) is 5.39 Å². The van der Waals surface area contributed by atoms with Crippen molar-refractivity contribution in [1.82, 2.24) is 0 Å². The van der Waals surface area contributed by atoms with Crippen LogP contribution >= 0.6 is 11.6 Å².